The highest BCUT2D eigenvalue weighted by Crippen LogP contribution is 2.28. The number of nitrogens with zero attached hydrogens (tertiary/aromatic N) is 5. The molecular formula is C20H23FN6O4. The van der Waals surface area contributed by atoms with Crippen LogP contribution in [0, 0.1) is 15.9 Å². The molecule has 0 spiro atoms. The summed E-state index contributed by atoms with van der Waals surface area (Å²) in [7, 11) is 2.10. The zero-order chi connectivity index (χ0) is 22.0. The maximum absolute atomic E-state index is 14.1. The van der Waals surface area contributed by atoms with Gasteiger partial charge in [0.2, 0.25) is 0 Å². The molecule has 3 heterocycles. The number of piperazine rings is 1. The third-order valence-electron chi connectivity index (χ3n) is 5.48. The summed E-state index contributed by atoms with van der Waals surface area (Å²) in [5, 5.41) is 13.5. The molecule has 0 atom stereocenters. The van der Waals surface area contributed by atoms with E-state index in [1.54, 1.807) is 4.90 Å². The maximum atomic E-state index is 14.1. The number of anilines is 1. The van der Waals surface area contributed by atoms with Crippen molar-refractivity contribution < 1.29 is 18.8 Å². The van der Waals surface area contributed by atoms with Gasteiger partial charge in [-0.15, -0.1) is 0 Å². The van der Waals surface area contributed by atoms with Crippen molar-refractivity contribution in [1.29, 1.82) is 0 Å². The van der Waals surface area contributed by atoms with E-state index in [-0.39, 0.29) is 29.0 Å². The van der Waals surface area contributed by atoms with Crippen molar-refractivity contribution in [1.82, 2.24) is 19.7 Å². The molecule has 2 aliphatic rings. The molecule has 1 aromatic carbocycles. The first-order valence-electron chi connectivity index (χ1n) is 9.95. The fourth-order valence-corrected chi connectivity index (χ4v) is 3.73. The minimum Gasteiger partial charge on any atom is -0.454 e. The Kier molecular flexibility index (Phi) is 5.96. The van der Waals surface area contributed by atoms with Crippen LogP contribution in [0.5, 0.6) is 11.5 Å². The van der Waals surface area contributed by atoms with Crippen LogP contribution in [0.1, 0.15) is 0 Å². The number of carbonyl (C=O) groups excluding carboxylic acids is 1. The van der Waals surface area contributed by atoms with Crippen molar-refractivity contribution in [2.75, 3.05) is 51.6 Å². The number of urea groups is 1. The highest BCUT2D eigenvalue weighted by Gasteiger charge is 2.32. The van der Waals surface area contributed by atoms with Crippen molar-refractivity contribution >= 4 is 17.5 Å². The Labute approximate surface area is 178 Å². The van der Waals surface area contributed by atoms with Gasteiger partial charge in [0, 0.05) is 63.6 Å². The third kappa shape index (κ3) is 4.89. The van der Waals surface area contributed by atoms with Crippen LogP contribution in [-0.2, 0) is 0 Å². The second kappa shape index (κ2) is 8.82. The Hall–Kier alpha value is -3.31. The Morgan fingerprint density at radius 3 is 2.61 bits per heavy atom. The number of hydrogen-bond acceptors (Lipinski definition) is 7. The maximum Gasteiger partial charge on any atom is 0.323 e. The number of likely N-dealkylation sites (tertiary alicyclic amines) is 1. The van der Waals surface area contributed by atoms with E-state index < -0.39 is 10.7 Å². The summed E-state index contributed by atoms with van der Waals surface area (Å²) < 4.78 is 19.5. The molecule has 11 heteroatoms. The van der Waals surface area contributed by atoms with Gasteiger partial charge in [0.15, 0.2) is 11.6 Å². The molecule has 0 aliphatic carbocycles. The molecule has 0 radical (unpaired) electrons. The second-order valence-electron chi connectivity index (χ2n) is 7.68. The summed E-state index contributed by atoms with van der Waals surface area (Å²) in [5.74, 6) is -0.496. The van der Waals surface area contributed by atoms with Gasteiger partial charge in [-0.05, 0) is 19.2 Å². The zero-order valence-electron chi connectivity index (χ0n) is 17.0. The number of rotatable bonds is 5. The van der Waals surface area contributed by atoms with Crippen LogP contribution in [0.2, 0.25) is 0 Å². The molecule has 1 aromatic heterocycles. The Bertz CT molecular complexity index is 976. The number of nitro benzene ring substituents is 1. The molecule has 2 amide bonds. The molecule has 31 heavy (non-hydrogen) atoms. The predicted molar refractivity (Wildman–Crippen MR) is 111 cm³/mol. The summed E-state index contributed by atoms with van der Waals surface area (Å²) in [4.78, 5) is 33.2. The summed E-state index contributed by atoms with van der Waals surface area (Å²) in [6, 6.07) is 6.43. The van der Waals surface area contributed by atoms with Gasteiger partial charge in [0.1, 0.15) is 11.6 Å². The average Bonchev–Trinajstić information content (AvgIpc) is 2.73. The SMILES string of the molecule is CN1CC(N2CCN(C(=O)Nc3cc(Oc4ccc([N+](=O)[O-])cc4F)ccn3)CC2)C1. The summed E-state index contributed by atoms with van der Waals surface area (Å²) in [6.07, 6.45) is 1.43. The summed E-state index contributed by atoms with van der Waals surface area (Å²) in [5.41, 5.74) is -0.364. The van der Waals surface area contributed by atoms with Crippen LogP contribution < -0.4 is 10.1 Å². The molecule has 0 saturated carbocycles. The van der Waals surface area contributed by atoms with Crippen LogP contribution in [0.25, 0.3) is 0 Å². The van der Waals surface area contributed by atoms with E-state index in [1.165, 1.54) is 24.4 Å². The Balaban J connectivity index is 1.33. The minimum atomic E-state index is -0.855. The predicted octanol–water partition coefficient (Wildman–Crippen LogP) is 2.38. The summed E-state index contributed by atoms with van der Waals surface area (Å²) in [6.45, 7) is 5.08. The van der Waals surface area contributed by atoms with Gasteiger partial charge >= 0.3 is 6.03 Å². The number of pyridine rings is 1. The Morgan fingerprint density at radius 2 is 1.97 bits per heavy atom. The monoisotopic (exact) mass is 430 g/mol. The minimum absolute atomic E-state index is 0.160. The molecule has 0 bridgehead atoms. The highest BCUT2D eigenvalue weighted by molar-refractivity contribution is 5.88. The molecular weight excluding hydrogens is 407 g/mol. The first-order valence-corrected chi connectivity index (χ1v) is 9.95. The van der Waals surface area contributed by atoms with E-state index in [4.69, 9.17) is 4.74 Å². The lowest BCUT2D eigenvalue weighted by atomic mass is 10.1. The van der Waals surface area contributed by atoms with Crippen molar-refractivity contribution in [2.45, 2.75) is 6.04 Å². The van der Waals surface area contributed by atoms with E-state index in [0.29, 0.717) is 19.1 Å². The largest absolute Gasteiger partial charge is 0.454 e. The lowest BCUT2D eigenvalue weighted by Crippen LogP contribution is -2.62. The van der Waals surface area contributed by atoms with Crippen LogP contribution in [-0.4, -0.2) is 83.0 Å². The number of benzene rings is 1. The van der Waals surface area contributed by atoms with Crippen molar-refractivity contribution in [3.8, 4) is 11.5 Å². The standard InChI is InChI=1S/C20H23FN6O4/c1-24-12-15(13-24)25-6-8-26(9-7-25)20(28)23-19-11-16(4-5-22-19)31-18-3-2-14(27(29)30)10-17(18)21/h2-5,10-11,15H,6-9,12-13H2,1H3,(H,22,23,28). The fraction of sp³-hybridized carbons (Fsp3) is 0.400. The topological polar surface area (TPSA) is 104 Å². The summed E-state index contributed by atoms with van der Waals surface area (Å²) >= 11 is 0. The molecule has 2 aromatic rings. The third-order valence-corrected chi connectivity index (χ3v) is 5.48. The van der Waals surface area contributed by atoms with Crippen molar-refractivity contribution in [3.63, 3.8) is 0 Å². The Morgan fingerprint density at radius 1 is 1.23 bits per heavy atom. The van der Waals surface area contributed by atoms with E-state index in [0.717, 1.165) is 38.3 Å². The number of ether oxygens (including phenoxy) is 1. The number of aromatic nitrogens is 1. The normalized spacial score (nSPS) is 17.8. The van der Waals surface area contributed by atoms with E-state index in [2.05, 4.69) is 27.1 Å². The molecule has 2 fully saturated rings. The average molecular weight is 430 g/mol. The van der Waals surface area contributed by atoms with Crippen LogP contribution in [0.3, 0.4) is 0 Å². The number of amides is 2. The number of likely N-dealkylation sites (N-methyl/N-ethyl adjacent to an activating group) is 1. The van der Waals surface area contributed by atoms with Gasteiger partial charge in [-0.1, -0.05) is 0 Å². The molecule has 2 aliphatic heterocycles. The first-order chi connectivity index (χ1) is 14.9. The first kappa shape index (κ1) is 20.9. The van der Waals surface area contributed by atoms with E-state index in [9.17, 15) is 19.3 Å². The van der Waals surface area contributed by atoms with Crippen molar-refractivity contribution in [3.05, 3.63) is 52.5 Å². The number of non-ortho nitro benzene ring substituents is 1. The molecule has 1 N–H and O–H groups in total. The van der Waals surface area contributed by atoms with E-state index >= 15 is 0 Å². The van der Waals surface area contributed by atoms with Gasteiger partial charge < -0.3 is 14.5 Å². The van der Waals surface area contributed by atoms with Crippen molar-refractivity contribution in [2.24, 2.45) is 0 Å². The second-order valence-corrected chi connectivity index (χ2v) is 7.68. The molecule has 4 rings (SSSR count). The molecule has 10 nitrogen and oxygen atoms in total. The number of nitro groups is 1. The van der Waals surface area contributed by atoms with Gasteiger partial charge in [-0.25, -0.2) is 14.2 Å². The van der Waals surface area contributed by atoms with Gasteiger partial charge in [-0.3, -0.25) is 20.3 Å². The molecule has 2 saturated heterocycles. The van der Waals surface area contributed by atoms with Gasteiger partial charge in [0.05, 0.1) is 11.0 Å². The molecule has 0 unspecified atom stereocenters. The lowest BCUT2D eigenvalue weighted by molar-refractivity contribution is -0.385. The molecule has 164 valence electrons. The van der Waals surface area contributed by atoms with Gasteiger partial charge in [0.25, 0.3) is 5.69 Å². The lowest BCUT2D eigenvalue weighted by Gasteiger charge is -2.46. The van der Waals surface area contributed by atoms with Crippen LogP contribution >= 0.6 is 0 Å². The van der Waals surface area contributed by atoms with Crippen LogP contribution in [0.4, 0.5) is 20.7 Å². The number of hydrogen-bond donors (Lipinski definition) is 1. The zero-order valence-corrected chi connectivity index (χ0v) is 17.0. The van der Waals surface area contributed by atoms with E-state index in [1.807, 2.05) is 0 Å². The number of halogens is 1. The van der Waals surface area contributed by atoms with Gasteiger partial charge in [-0.2, -0.15) is 0 Å². The number of carbonyl (C=O) groups is 1. The van der Waals surface area contributed by atoms with Crippen LogP contribution in [0.15, 0.2) is 36.5 Å². The quantitative estimate of drug-likeness (QED) is 0.574. The smallest absolute Gasteiger partial charge is 0.323 e. The highest BCUT2D eigenvalue weighted by atomic mass is 19.1. The number of nitrogens with one attached hydrogen (secondary N) is 1. The fourth-order valence-electron chi connectivity index (χ4n) is 3.73.